The van der Waals surface area contributed by atoms with Gasteiger partial charge in [-0.2, -0.15) is 0 Å². The molecule has 4 rings (SSSR count). The number of hydrogen-bond donors (Lipinski definition) is 2. The number of aliphatic hydroxyl groups excluding tert-OH is 1. The molecule has 178 valence electrons. The average Bonchev–Trinajstić information content (AvgIpc) is 2.80. The molecular weight excluding hydrogens is 456 g/mol. The first-order chi connectivity index (χ1) is 16.2. The fourth-order valence-corrected chi connectivity index (χ4v) is 3.93. The number of aliphatic hydroxyl groups is 1. The molecule has 2 N–H and O–H groups in total. The van der Waals surface area contributed by atoms with Crippen molar-refractivity contribution < 1.29 is 36.9 Å². The fraction of sp³-hybridized carbons (Fsp3) is 0.250. The van der Waals surface area contributed by atoms with Gasteiger partial charge in [0.25, 0.3) is 5.91 Å². The van der Waals surface area contributed by atoms with E-state index in [1.807, 2.05) is 0 Å². The topological polar surface area (TPSA) is 80.7 Å². The van der Waals surface area contributed by atoms with Crippen LogP contribution in [0.4, 0.5) is 17.6 Å². The Morgan fingerprint density at radius 1 is 1.18 bits per heavy atom. The lowest BCUT2D eigenvalue weighted by Crippen LogP contribution is -2.50. The van der Waals surface area contributed by atoms with Crippen molar-refractivity contribution in [3.05, 3.63) is 89.0 Å². The molecule has 1 aliphatic heterocycles. The van der Waals surface area contributed by atoms with Gasteiger partial charge in [0.1, 0.15) is 17.0 Å². The van der Waals surface area contributed by atoms with Gasteiger partial charge in [-0.05, 0) is 53.9 Å². The number of amides is 1. The smallest absolute Gasteiger partial charge is 0.491 e. The van der Waals surface area contributed by atoms with E-state index in [4.69, 9.17) is 9.84 Å². The Bertz CT molecular complexity index is 1180. The highest BCUT2D eigenvalue weighted by Crippen LogP contribution is 2.42. The molecule has 0 spiro atoms. The van der Waals surface area contributed by atoms with Crippen LogP contribution in [0.5, 0.6) is 11.5 Å². The van der Waals surface area contributed by atoms with Gasteiger partial charge in [0.2, 0.25) is 0 Å². The molecule has 34 heavy (non-hydrogen) atoms. The maximum Gasteiger partial charge on any atom is 0.573 e. The van der Waals surface area contributed by atoms with Gasteiger partial charge in [0.05, 0.1) is 6.61 Å². The molecule has 1 aliphatic rings. The van der Waals surface area contributed by atoms with Crippen LogP contribution in [-0.2, 0) is 12.0 Å². The molecular formula is C24H20F4N2O4. The number of alkyl halides is 3. The molecule has 1 amide bonds. The largest absolute Gasteiger partial charge is 0.573 e. The van der Waals surface area contributed by atoms with Gasteiger partial charge < -0.3 is 19.9 Å². The highest BCUT2D eigenvalue weighted by Gasteiger charge is 2.43. The lowest BCUT2D eigenvalue weighted by atomic mass is 9.81. The average molecular weight is 476 g/mol. The van der Waals surface area contributed by atoms with Crippen LogP contribution in [-0.4, -0.2) is 35.6 Å². The number of ether oxygens (including phenoxy) is 2. The first-order valence-electron chi connectivity index (χ1n) is 10.4. The van der Waals surface area contributed by atoms with Crippen molar-refractivity contribution in [2.24, 2.45) is 0 Å². The Labute approximate surface area is 192 Å². The SMILES string of the molecule is O=C(N[C@]1(c2ccc(OC(F)(F)F)c(F)c2)CCOc2cccnc21)c1ccc(CCO)cc1. The summed E-state index contributed by atoms with van der Waals surface area (Å²) in [5.41, 5.74) is 0.271. The predicted octanol–water partition coefficient (Wildman–Crippen LogP) is 4.11. The Balaban J connectivity index is 1.75. The minimum atomic E-state index is -5.05. The van der Waals surface area contributed by atoms with Gasteiger partial charge in [0.15, 0.2) is 11.6 Å². The van der Waals surface area contributed by atoms with Crippen molar-refractivity contribution in [1.29, 1.82) is 0 Å². The van der Waals surface area contributed by atoms with Crippen LogP contribution in [0.2, 0.25) is 0 Å². The monoisotopic (exact) mass is 476 g/mol. The van der Waals surface area contributed by atoms with Crippen LogP contribution in [0, 0.1) is 5.82 Å². The molecule has 3 aromatic rings. The molecule has 0 saturated heterocycles. The minimum Gasteiger partial charge on any atom is -0.491 e. The van der Waals surface area contributed by atoms with E-state index in [0.29, 0.717) is 23.4 Å². The molecule has 2 aromatic carbocycles. The number of fused-ring (bicyclic) bond motifs is 1. The fourth-order valence-electron chi connectivity index (χ4n) is 3.93. The molecule has 0 radical (unpaired) electrons. The van der Waals surface area contributed by atoms with E-state index >= 15 is 0 Å². The summed E-state index contributed by atoms with van der Waals surface area (Å²) in [5.74, 6) is -2.35. The zero-order valence-corrected chi connectivity index (χ0v) is 17.7. The lowest BCUT2D eigenvalue weighted by molar-refractivity contribution is -0.275. The van der Waals surface area contributed by atoms with Gasteiger partial charge in [-0.1, -0.05) is 18.2 Å². The molecule has 0 saturated carbocycles. The van der Waals surface area contributed by atoms with Crippen molar-refractivity contribution in [2.45, 2.75) is 24.7 Å². The molecule has 0 fully saturated rings. The van der Waals surface area contributed by atoms with Crippen molar-refractivity contribution >= 4 is 5.91 Å². The molecule has 2 heterocycles. The molecule has 0 aliphatic carbocycles. The minimum absolute atomic E-state index is 0.0310. The number of aromatic nitrogens is 1. The molecule has 6 nitrogen and oxygen atoms in total. The first kappa shape index (κ1) is 23.5. The zero-order chi connectivity index (χ0) is 24.3. The summed E-state index contributed by atoms with van der Waals surface area (Å²) in [5, 5.41) is 12.0. The Morgan fingerprint density at radius 3 is 2.62 bits per heavy atom. The summed E-state index contributed by atoms with van der Waals surface area (Å²) < 4.78 is 61.8. The summed E-state index contributed by atoms with van der Waals surface area (Å²) in [6.45, 7) is 0.119. The van der Waals surface area contributed by atoms with E-state index in [9.17, 15) is 22.4 Å². The van der Waals surface area contributed by atoms with E-state index in [1.165, 1.54) is 12.3 Å². The third-order valence-electron chi connectivity index (χ3n) is 5.50. The molecule has 1 aromatic heterocycles. The third-order valence-corrected chi connectivity index (χ3v) is 5.50. The predicted molar refractivity (Wildman–Crippen MR) is 113 cm³/mol. The third kappa shape index (κ3) is 4.81. The summed E-state index contributed by atoms with van der Waals surface area (Å²) in [7, 11) is 0. The second-order valence-electron chi connectivity index (χ2n) is 7.67. The molecule has 10 heteroatoms. The highest BCUT2D eigenvalue weighted by molar-refractivity contribution is 5.95. The first-order valence-corrected chi connectivity index (χ1v) is 10.4. The molecule has 1 atom stereocenters. The highest BCUT2D eigenvalue weighted by atomic mass is 19.4. The molecule has 0 bridgehead atoms. The summed E-state index contributed by atoms with van der Waals surface area (Å²) in [4.78, 5) is 17.6. The van der Waals surface area contributed by atoms with Crippen molar-refractivity contribution in [3.63, 3.8) is 0 Å². The van der Waals surface area contributed by atoms with Gasteiger partial charge in [0, 0.05) is 24.8 Å². The molecule has 0 unspecified atom stereocenters. The number of benzene rings is 2. The van der Waals surface area contributed by atoms with Crippen LogP contribution >= 0.6 is 0 Å². The standard InChI is InChI=1S/C24H20F4N2O4/c25-18-14-17(7-8-19(18)34-24(26,27)28)23(10-13-33-20-2-1-11-29-21(20)23)30-22(32)16-5-3-15(4-6-16)9-12-31/h1-8,11,14,31H,9-10,12-13H2,(H,30,32)/t23-/m0/s1. The van der Waals surface area contributed by atoms with E-state index in [1.54, 1.807) is 36.4 Å². The van der Waals surface area contributed by atoms with E-state index in [-0.39, 0.29) is 25.2 Å². The lowest BCUT2D eigenvalue weighted by Gasteiger charge is -2.39. The summed E-state index contributed by atoms with van der Waals surface area (Å²) in [6.07, 6.45) is -2.98. The number of nitrogens with one attached hydrogen (secondary N) is 1. The van der Waals surface area contributed by atoms with Gasteiger partial charge in [-0.15, -0.1) is 13.2 Å². The summed E-state index contributed by atoms with van der Waals surface area (Å²) >= 11 is 0. The van der Waals surface area contributed by atoms with Crippen molar-refractivity contribution in [1.82, 2.24) is 10.3 Å². The van der Waals surface area contributed by atoms with Crippen LogP contribution < -0.4 is 14.8 Å². The summed E-state index contributed by atoms with van der Waals surface area (Å²) in [6, 6.07) is 12.9. The number of rotatable bonds is 6. The second kappa shape index (κ2) is 9.30. The van der Waals surface area contributed by atoms with Gasteiger partial charge in [-0.3, -0.25) is 9.78 Å². The normalized spacial score (nSPS) is 17.4. The quantitative estimate of drug-likeness (QED) is 0.524. The van der Waals surface area contributed by atoms with Gasteiger partial charge in [-0.25, -0.2) is 4.39 Å². The number of carbonyl (C=O) groups excluding carboxylic acids is 1. The maximum atomic E-state index is 14.6. The number of nitrogens with zero attached hydrogens (tertiary/aromatic N) is 1. The van der Waals surface area contributed by atoms with Crippen LogP contribution in [0.3, 0.4) is 0 Å². The van der Waals surface area contributed by atoms with Gasteiger partial charge >= 0.3 is 6.36 Å². The van der Waals surface area contributed by atoms with Crippen LogP contribution in [0.1, 0.15) is 33.6 Å². The Kier molecular flexibility index (Phi) is 6.43. The number of pyridine rings is 1. The van der Waals surface area contributed by atoms with E-state index in [2.05, 4.69) is 15.0 Å². The Hall–Kier alpha value is -3.66. The number of halogens is 4. The van der Waals surface area contributed by atoms with Crippen LogP contribution in [0.15, 0.2) is 60.8 Å². The Morgan fingerprint density at radius 2 is 1.94 bits per heavy atom. The van der Waals surface area contributed by atoms with E-state index in [0.717, 1.165) is 17.7 Å². The van der Waals surface area contributed by atoms with E-state index < -0.39 is 29.4 Å². The number of carbonyl (C=O) groups is 1. The zero-order valence-electron chi connectivity index (χ0n) is 17.7. The second-order valence-corrected chi connectivity index (χ2v) is 7.67. The van der Waals surface area contributed by atoms with Crippen LogP contribution in [0.25, 0.3) is 0 Å². The van der Waals surface area contributed by atoms with Crippen molar-refractivity contribution in [3.8, 4) is 11.5 Å². The van der Waals surface area contributed by atoms with Crippen molar-refractivity contribution in [2.75, 3.05) is 13.2 Å². The maximum absolute atomic E-state index is 14.6. The number of hydrogen-bond acceptors (Lipinski definition) is 5.